The van der Waals surface area contributed by atoms with Crippen LogP contribution in [0.3, 0.4) is 0 Å². The summed E-state index contributed by atoms with van der Waals surface area (Å²) in [5.41, 5.74) is 3.73. The topological polar surface area (TPSA) is 100 Å². The molecule has 238 valence electrons. The van der Waals surface area contributed by atoms with Crippen molar-refractivity contribution in [3.05, 3.63) is 101 Å². The van der Waals surface area contributed by atoms with E-state index in [-0.39, 0.29) is 18.0 Å². The van der Waals surface area contributed by atoms with Crippen molar-refractivity contribution in [2.24, 2.45) is 0 Å². The van der Waals surface area contributed by atoms with E-state index in [9.17, 15) is 9.18 Å². The van der Waals surface area contributed by atoms with Crippen LogP contribution in [0.1, 0.15) is 24.4 Å². The minimum absolute atomic E-state index is 0.122. The smallest absolute Gasteiger partial charge is 0.282 e. The van der Waals surface area contributed by atoms with Crippen LogP contribution in [0.4, 0.5) is 10.2 Å². The highest BCUT2D eigenvalue weighted by Gasteiger charge is 2.24. The first-order chi connectivity index (χ1) is 22.1. The van der Waals surface area contributed by atoms with E-state index in [1.54, 1.807) is 21.3 Å². The van der Waals surface area contributed by atoms with E-state index in [4.69, 9.17) is 14.6 Å². The Morgan fingerprint density at radius 3 is 2.54 bits per heavy atom. The van der Waals surface area contributed by atoms with Gasteiger partial charge in [0.2, 0.25) is 0 Å². The van der Waals surface area contributed by atoms with Crippen LogP contribution in [0, 0.1) is 12.7 Å². The molecule has 0 spiro atoms. The maximum Gasteiger partial charge on any atom is 0.282 e. The lowest BCUT2D eigenvalue weighted by molar-refractivity contribution is 0.0899. The van der Waals surface area contributed by atoms with Crippen LogP contribution >= 0.6 is 0 Å². The van der Waals surface area contributed by atoms with Gasteiger partial charge >= 0.3 is 0 Å². The molecule has 1 atom stereocenters. The number of halogens is 1. The van der Waals surface area contributed by atoms with E-state index in [2.05, 4.69) is 34.9 Å². The summed E-state index contributed by atoms with van der Waals surface area (Å²) in [6.45, 7) is 11.6. The van der Waals surface area contributed by atoms with E-state index in [1.807, 2.05) is 67.1 Å². The Morgan fingerprint density at radius 1 is 1.02 bits per heavy atom. The van der Waals surface area contributed by atoms with Crippen molar-refractivity contribution < 1.29 is 13.9 Å². The second kappa shape index (κ2) is 12.5. The second-order valence-corrected chi connectivity index (χ2v) is 18.2. The fourth-order valence-corrected chi connectivity index (χ4v) is 6.37. The number of aryl methyl sites for hydroxylation is 1. The molecule has 0 amide bonds. The van der Waals surface area contributed by atoms with Gasteiger partial charge in [0.15, 0.2) is 17.4 Å². The number of rotatable bonds is 11. The number of fused-ring (bicyclic) bond motifs is 2. The summed E-state index contributed by atoms with van der Waals surface area (Å²) >= 11 is 0. The maximum atomic E-state index is 15.0. The Morgan fingerprint density at radius 2 is 1.80 bits per heavy atom. The number of ether oxygens (including phenoxy) is 2. The lowest BCUT2D eigenvalue weighted by atomic mass is 10.0. The van der Waals surface area contributed by atoms with Gasteiger partial charge in [0, 0.05) is 38.2 Å². The molecule has 12 heteroatoms. The molecule has 2 aromatic carbocycles. The molecule has 0 saturated heterocycles. The van der Waals surface area contributed by atoms with E-state index in [0.29, 0.717) is 51.6 Å². The third kappa shape index (κ3) is 5.93. The Hall–Kier alpha value is -4.81. The summed E-state index contributed by atoms with van der Waals surface area (Å²) in [7, 11) is 0.166. The minimum atomic E-state index is -1.28. The molecule has 0 saturated carbocycles. The Balaban J connectivity index is 1.48. The van der Waals surface area contributed by atoms with E-state index in [1.165, 1.54) is 19.5 Å². The van der Waals surface area contributed by atoms with Gasteiger partial charge in [-0.15, -0.1) is 0 Å². The first-order valence-electron chi connectivity index (χ1n) is 15.2. The van der Waals surface area contributed by atoms with E-state index < -0.39 is 19.9 Å². The van der Waals surface area contributed by atoms with Gasteiger partial charge in [0.05, 0.1) is 24.2 Å². The first kappa shape index (κ1) is 31.2. The summed E-state index contributed by atoms with van der Waals surface area (Å²) in [6.07, 6.45) is 5.17. The molecular weight excluding hydrogens is 602 g/mol. The molecule has 6 aromatic rings. The fraction of sp³-hybridized carbons (Fsp3) is 0.294. The van der Waals surface area contributed by atoms with Gasteiger partial charge in [-0.1, -0.05) is 50.0 Å². The number of anilines is 1. The average Bonchev–Trinajstić information content (AvgIpc) is 3.60. The third-order valence-corrected chi connectivity index (χ3v) is 9.71. The van der Waals surface area contributed by atoms with Gasteiger partial charge < -0.3 is 19.4 Å². The minimum Gasteiger partial charge on any atom is -0.493 e. The van der Waals surface area contributed by atoms with Crippen molar-refractivity contribution in [2.45, 2.75) is 52.3 Å². The van der Waals surface area contributed by atoms with Crippen LogP contribution in [0.25, 0.3) is 33.4 Å². The molecule has 0 bridgehead atoms. The maximum absolute atomic E-state index is 15.0. The fourth-order valence-electron chi connectivity index (χ4n) is 5.61. The van der Waals surface area contributed by atoms with Gasteiger partial charge in [-0.3, -0.25) is 9.36 Å². The molecule has 4 aromatic heterocycles. The molecule has 0 aliphatic carbocycles. The number of para-hydroxylation sites is 2. The number of nitrogens with one attached hydrogen (secondary N) is 1. The van der Waals surface area contributed by atoms with Crippen LogP contribution in [0.2, 0.25) is 25.7 Å². The Bertz CT molecular complexity index is 2080. The van der Waals surface area contributed by atoms with Crippen LogP contribution in [-0.2, 0) is 11.5 Å². The lowest BCUT2D eigenvalue weighted by Crippen LogP contribution is -2.29. The predicted octanol–water partition coefficient (Wildman–Crippen LogP) is 6.84. The zero-order valence-corrected chi connectivity index (χ0v) is 27.9. The Kier molecular flexibility index (Phi) is 8.49. The van der Waals surface area contributed by atoms with E-state index in [0.717, 1.165) is 11.6 Å². The molecule has 0 aliphatic rings. The third-order valence-electron chi connectivity index (χ3n) is 8.01. The normalized spacial score (nSPS) is 12.6. The summed E-state index contributed by atoms with van der Waals surface area (Å²) in [6, 6.07) is 16.7. The summed E-state index contributed by atoms with van der Waals surface area (Å²) in [4.78, 5) is 23.2. The molecule has 4 heterocycles. The molecule has 1 unspecified atom stereocenters. The largest absolute Gasteiger partial charge is 0.493 e. The molecule has 0 fully saturated rings. The molecule has 1 N–H and O–H groups in total. The van der Waals surface area contributed by atoms with Crippen LogP contribution in [-0.4, -0.2) is 50.5 Å². The molecule has 0 radical (unpaired) electrons. The monoisotopic (exact) mass is 639 g/mol. The van der Waals surface area contributed by atoms with Crippen LogP contribution in [0.15, 0.2) is 78.1 Å². The number of hydrogen-bond acceptors (Lipinski definition) is 7. The Labute approximate surface area is 267 Å². The first-order valence-corrected chi connectivity index (χ1v) is 19.0. The highest BCUT2D eigenvalue weighted by Crippen LogP contribution is 2.40. The average molecular weight is 640 g/mol. The highest BCUT2D eigenvalue weighted by molar-refractivity contribution is 6.76. The van der Waals surface area contributed by atoms with Gasteiger partial charge in [-0.05, 0) is 49.7 Å². The molecule has 10 nitrogen and oxygen atoms in total. The van der Waals surface area contributed by atoms with Crippen molar-refractivity contribution in [2.75, 3.05) is 19.0 Å². The van der Waals surface area contributed by atoms with Crippen molar-refractivity contribution >= 4 is 30.4 Å². The molecule has 6 rings (SSSR count). The van der Waals surface area contributed by atoms with Crippen molar-refractivity contribution in [1.82, 2.24) is 28.7 Å². The predicted molar refractivity (Wildman–Crippen MR) is 181 cm³/mol. The SMILES string of the molecule is COc1c(F)cccc1-c1cn(COCC[Si](C)(C)C)c2ncnc(NC(C)c3nn4ccc(C)c4c(=O)n3-c3ccccc3)c12. The van der Waals surface area contributed by atoms with Crippen LogP contribution < -0.4 is 15.6 Å². The van der Waals surface area contributed by atoms with Gasteiger partial charge in [-0.25, -0.2) is 18.9 Å². The second-order valence-electron chi connectivity index (χ2n) is 12.6. The zero-order chi connectivity index (χ0) is 32.6. The lowest BCUT2D eigenvalue weighted by Gasteiger charge is -2.20. The zero-order valence-electron chi connectivity index (χ0n) is 26.9. The number of methoxy groups -OCH3 is 1. The number of nitrogens with zero attached hydrogens (tertiary/aromatic N) is 6. The van der Waals surface area contributed by atoms with Gasteiger partial charge in [0.25, 0.3) is 5.56 Å². The van der Waals surface area contributed by atoms with E-state index >= 15 is 0 Å². The molecular formula is C34H38FN7O3Si. The summed E-state index contributed by atoms with van der Waals surface area (Å²) < 4.78 is 31.7. The quantitative estimate of drug-likeness (QED) is 0.122. The van der Waals surface area contributed by atoms with Crippen molar-refractivity contribution in [3.63, 3.8) is 0 Å². The van der Waals surface area contributed by atoms with Crippen molar-refractivity contribution in [3.8, 4) is 22.6 Å². The van der Waals surface area contributed by atoms with Gasteiger partial charge in [0.1, 0.15) is 30.0 Å². The number of benzene rings is 2. The standard InChI is InChI=1S/C34H38FN7O3Si/c1-22-15-16-41-29(22)34(43)42(24-11-8-7-9-12-24)32(39-41)23(2)38-31-28-26(25-13-10-14-27(35)30(25)44-3)19-40(33(28)37-20-36-31)21-45-17-18-46(4,5)6/h7-16,19-20,23H,17-18,21H2,1-6H3,(H,36,37,38). The highest BCUT2D eigenvalue weighted by atomic mass is 28.3. The number of hydrogen-bond donors (Lipinski definition) is 1. The van der Waals surface area contributed by atoms with Crippen LogP contribution in [0.5, 0.6) is 5.75 Å². The summed E-state index contributed by atoms with van der Waals surface area (Å²) in [5.74, 6) is 0.637. The summed E-state index contributed by atoms with van der Waals surface area (Å²) in [5, 5.41) is 9.05. The number of aromatic nitrogens is 6. The van der Waals surface area contributed by atoms with Gasteiger partial charge in [-0.2, -0.15) is 5.10 Å². The van der Waals surface area contributed by atoms with Crippen molar-refractivity contribution in [1.29, 1.82) is 0 Å². The molecule has 0 aliphatic heterocycles. The molecule has 46 heavy (non-hydrogen) atoms.